The van der Waals surface area contributed by atoms with Crippen molar-refractivity contribution in [3.05, 3.63) is 101 Å². The molecule has 7 heteroatoms. The first-order valence-electron chi connectivity index (χ1n) is 9.89. The summed E-state index contributed by atoms with van der Waals surface area (Å²) in [6, 6.07) is 27.7. The van der Waals surface area contributed by atoms with Gasteiger partial charge in [0.1, 0.15) is 12.4 Å². The lowest BCUT2D eigenvalue weighted by Crippen LogP contribution is -2.19. The molecule has 0 unspecified atom stereocenters. The average Bonchev–Trinajstić information content (AvgIpc) is 3.10. The molecule has 31 heavy (non-hydrogen) atoms. The summed E-state index contributed by atoms with van der Waals surface area (Å²) in [6.07, 6.45) is 0. The number of anilines is 1. The van der Waals surface area contributed by atoms with Crippen molar-refractivity contribution in [2.75, 3.05) is 5.32 Å². The van der Waals surface area contributed by atoms with Crippen molar-refractivity contribution in [3.8, 4) is 5.69 Å². The lowest BCUT2D eigenvalue weighted by atomic mass is 10.2. The van der Waals surface area contributed by atoms with E-state index < -0.39 is 0 Å². The summed E-state index contributed by atoms with van der Waals surface area (Å²) in [5.74, 6) is 1.27. The number of hydrogen-bond acceptors (Lipinski definition) is 4. The Balaban J connectivity index is 1.59. The van der Waals surface area contributed by atoms with Gasteiger partial charge in [0.15, 0.2) is 0 Å². The molecule has 0 bridgehead atoms. The summed E-state index contributed by atoms with van der Waals surface area (Å²) in [6.45, 7) is 2.06. The normalized spacial score (nSPS) is 10.7. The van der Waals surface area contributed by atoms with E-state index in [0.717, 1.165) is 27.7 Å². The topological polar surface area (TPSA) is 51.9 Å². The fourth-order valence-electron chi connectivity index (χ4n) is 3.12. The number of carbonyl (C=O) groups excluding carboxylic acids is 1. The van der Waals surface area contributed by atoms with E-state index in [-0.39, 0.29) is 12.5 Å². The molecule has 5 nitrogen and oxygen atoms in total. The van der Waals surface area contributed by atoms with Gasteiger partial charge in [-0.2, -0.15) is 5.10 Å². The van der Waals surface area contributed by atoms with Crippen LogP contribution in [-0.2, 0) is 17.1 Å². The van der Waals surface area contributed by atoms with E-state index in [1.807, 2.05) is 84.3 Å². The molecule has 1 heterocycles. The molecule has 4 aromatic rings. The number of nitrogens with zero attached hydrogens (tertiary/aromatic N) is 3. The van der Waals surface area contributed by atoms with Crippen LogP contribution in [-0.4, -0.2) is 20.3 Å². The fourth-order valence-corrected chi connectivity index (χ4v) is 4.27. The van der Waals surface area contributed by atoms with Crippen molar-refractivity contribution >= 4 is 35.6 Å². The van der Waals surface area contributed by atoms with E-state index >= 15 is 0 Å². The zero-order valence-corrected chi connectivity index (χ0v) is 18.7. The van der Waals surface area contributed by atoms with Crippen LogP contribution in [0.15, 0.2) is 89.8 Å². The number of para-hydroxylation sites is 1. The molecule has 1 amide bonds. The van der Waals surface area contributed by atoms with Gasteiger partial charge in [-0.3, -0.25) is 9.36 Å². The van der Waals surface area contributed by atoms with Crippen molar-refractivity contribution in [2.24, 2.45) is 0 Å². The van der Waals surface area contributed by atoms with E-state index in [1.165, 1.54) is 0 Å². The maximum atomic E-state index is 12.6. The second-order valence-corrected chi connectivity index (χ2v) is 8.46. The van der Waals surface area contributed by atoms with Gasteiger partial charge in [-0.05, 0) is 55.5 Å². The van der Waals surface area contributed by atoms with Gasteiger partial charge in [-0.1, -0.05) is 54.1 Å². The summed E-state index contributed by atoms with van der Waals surface area (Å²) < 4.78 is 4.02. The summed E-state index contributed by atoms with van der Waals surface area (Å²) in [5, 5.41) is 7.60. The fraction of sp³-hybridized carbons (Fsp3) is 0.125. The van der Waals surface area contributed by atoms with Crippen LogP contribution in [0, 0.1) is 11.7 Å². The van der Waals surface area contributed by atoms with Gasteiger partial charge < -0.3 is 5.32 Å². The number of carbonyl (C=O) groups is 1. The molecule has 4 rings (SSSR count). The Morgan fingerprint density at radius 2 is 1.61 bits per heavy atom. The highest BCUT2D eigenvalue weighted by Crippen LogP contribution is 2.23. The van der Waals surface area contributed by atoms with Crippen LogP contribution in [0.2, 0.25) is 0 Å². The number of aryl methyl sites for hydroxylation is 1. The lowest BCUT2D eigenvalue weighted by molar-refractivity contribution is -0.116. The minimum Gasteiger partial charge on any atom is -0.324 e. The van der Waals surface area contributed by atoms with E-state index in [0.29, 0.717) is 10.5 Å². The molecule has 0 aliphatic carbocycles. The van der Waals surface area contributed by atoms with E-state index in [4.69, 9.17) is 17.3 Å². The molecule has 0 radical (unpaired) electrons. The molecule has 0 spiro atoms. The van der Waals surface area contributed by atoms with Crippen LogP contribution in [0.25, 0.3) is 5.69 Å². The number of thioether (sulfide) groups is 1. The second kappa shape index (κ2) is 9.76. The maximum Gasteiger partial charge on any atom is 0.246 e. The molecule has 1 N–H and O–H groups in total. The predicted octanol–water partition coefficient (Wildman–Crippen LogP) is 5.64. The molecule has 0 saturated heterocycles. The molecule has 156 valence electrons. The smallest absolute Gasteiger partial charge is 0.246 e. The van der Waals surface area contributed by atoms with Crippen LogP contribution >= 0.6 is 24.0 Å². The Kier molecular flexibility index (Phi) is 6.64. The van der Waals surface area contributed by atoms with E-state index in [1.54, 1.807) is 16.4 Å². The van der Waals surface area contributed by atoms with Crippen molar-refractivity contribution in [2.45, 2.75) is 24.1 Å². The standard InChI is InChI=1S/C24H22N4OS2/c1-18-12-14-19(15-13-18)25-23(29)16-27-24(30)28(20-8-4-2-5-9-20)22(26-27)17-31-21-10-6-3-7-11-21/h2-15H,16-17H2,1H3,(H,25,29). The van der Waals surface area contributed by atoms with Gasteiger partial charge in [0.05, 0.1) is 5.75 Å². The first kappa shape index (κ1) is 21.1. The minimum atomic E-state index is -0.167. The Labute approximate surface area is 190 Å². The van der Waals surface area contributed by atoms with Crippen molar-refractivity contribution < 1.29 is 4.79 Å². The number of benzene rings is 3. The van der Waals surface area contributed by atoms with Gasteiger partial charge in [0.2, 0.25) is 10.7 Å². The third-order valence-electron chi connectivity index (χ3n) is 4.66. The summed E-state index contributed by atoms with van der Waals surface area (Å²) in [7, 11) is 0. The predicted molar refractivity (Wildman–Crippen MR) is 128 cm³/mol. The van der Waals surface area contributed by atoms with Crippen LogP contribution in [0.1, 0.15) is 11.4 Å². The van der Waals surface area contributed by atoms with Crippen LogP contribution in [0.4, 0.5) is 5.69 Å². The Bertz CT molecular complexity index is 1220. The number of hydrogen-bond donors (Lipinski definition) is 1. The van der Waals surface area contributed by atoms with Gasteiger partial charge in [-0.25, -0.2) is 4.68 Å². The molecule has 3 aromatic carbocycles. The molecular formula is C24H22N4OS2. The van der Waals surface area contributed by atoms with Gasteiger partial charge in [-0.15, -0.1) is 11.8 Å². The monoisotopic (exact) mass is 446 g/mol. The van der Waals surface area contributed by atoms with Crippen molar-refractivity contribution in [1.29, 1.82) is 0 Å². The third-order valence-corrected chi connectivity index (χ3v) is 6.06. The molecule has 1 aromatic heterocycles. The number of nitrogens with one attached hydrogen (secondary N) is 1. The molecule has 0 aliphatic heterocycles. The molecule has 0 atom stereocenters. The summed E-state index contributed by atoms with van der Waals surface area (Å²) >= 11 is 7.38. The zero-order chi connectivity index (χ0) is 21.6. The van der Waals surface area contributed by atoms with Crippen molar-refractivity contribution in [1.82, 2.24) is 14.3 Å². The van der Waals surface area contributed by atoms with Gasteiger partial charge >= 0.3 is 0 Å². The van der Waals surface area contributed by atoms with Crippen LogP contribution in [0.3, 0.4) is 0 Å². The highest BCUT2D eigenvalue weighted by Gasteiger charge is 2.15. The summed E-state index contributed by atoms with van der Waals surface area (Å²) in [5.41, 5.74) is 2.83. The zero-order valence-electron chi connectivity index (χ0n) is 17.1. The maximum absolute atomic E-state index is 12.6. The lowest BCUT2D eigenvalue weighted by Gasteiger charge is -2.06. The van der Waals surface area contributed by atoms with E-state index in [9.17, 15) is 4.79 Å². The highest BCUT2D eigenvalue weighted by atomic mass is 32.2. The van der Waals surface area contributed by atoms with E-state index in [2.05, 4.69) is 17.4 Å². The number of aromatic nitrogens is 3. The van der Waals surface area contributed by atoms with Crippen LogP contribution in [0.5, 0.6) is 0 Å². The van der Waals surface area contributed by atoms with Crippen molar-refractivity contribution in [3.63, 3.8) is 0 Å². The third kappa shape index (κ3) is 5.31. The largest absolute Gasteiger partial charge is 0.324 e. The summed E-state index contributed by atoms with van der Waals surface area (Å²) in [4.78, 5) is 13.8. The SMILES string of the molecule is Cc1ccc(NC(=O)Cn2nc(CSc3ccccc3)n(-c3ccccc3)c2=S)cc1. The average molecular weight is 447 g/mol. The Morgan fingerprint density at radius 3 is 2.29 bits per heavy atom. The first-order chi connectivity index (χ1) is 15.1. The molecule has 0 fully saturated rings. The molecule has 0 saturated carbocycles. The second-order valence-electron chi connectivity index (χ2n) is 7.04. The first-order valence-corrected chi connectivity index (χ1v) is 11.3. The number of rotatable bonds is 7. The number of amides is 1. The minimum absolute atomic E-state index is 0.0511. The molecular weight excluding hydrogens is 424 g/mol. The highest BCUT2D eigenvalue weighted by molar-refractivity contribution is 7.98. The molecule has 0 aliphatic rings. The Hall–Kier alpha value is -3.16. The van der Waals surface area contributed by atoms with Crippen LogP contribution < -0.4 is 5.32 Å². The van der Waals surface area contributed by atoms with Gasteiger partial charge in [0, 0.05) is 16.3 Å². The Morgan fingerprint density at radius 1 is 0.968 bits per heavy atom. The van der Waals surface area contributed by atoms with Gasteiger partial charge in [0.25, 0.3) is 0 Å². The quantitative estimate of drug-likeness (QED) is 0.295.